The van der Waals surface area contributed by atoms with Gasteiger partial charge in [-0.15, -0.1) is 0 Å². The number of benzene rings is 1. The Morgan fingerprint density at radius 2 is 1.86 bits per heavy atom. The summed E-state index contributed by atoms with van der Waals surface area (Å²) in [6.07, 6.45) is 0. The standard InChI is InChI=1S/C10H11Cl2NS/c11-8-2-1-3-9(10(8)12)13-4-6-14-7-5-13/h1-3H,4-7H2. The van der Waals surface area contributed by atoms with Crippen molar-refractivity contribution in [3.8, 4) is 0 Å². The molecular weight excluding hydrogens is 237 g/mol. The van der Waals surface area contributed by atoms with Crippen molar-refractivity contribution in [2.75, 3.05) is 29.5 Å². The fourth-order valence-electron chi connectivity index (χ4n) is 1.54. The molecule has 0 amide bonds. The molecule has 0 aromatic heterocycles. The van der Waals surface area contributed by atoms with Crippen LogP contribution < -0.4 is 4.90 Å². The minimum Gasteiger partial charge on any atom is -0.369 e. The summed E-state index contributed by atoms with van der Waals surface area (Å²) in [6, 6.07) is 5.81. The van der Waals surface area contributed by atoms with Crippen LogP contribution in [0.5, 0.6) is 0 Å². The Labute approximate surface area is 98.4 Å². The second-order valence-electron chi connectivity index (χ2n) is 3.17. The van der Waals surface area contributed by atoms with Crippen molar-refractivity contribution in [1.29, 1.82) is 0 Å². The molecule has 1 aliphatic heterocycles. The van der Waals surface area contributed by atoms with Gasteiger partial charge in [0.05, 0.1) is 15.7 Å². The fraction of sp³-hybridized carbons (Fsp3) is 0.400. The Morgan fingerprint density at radius 1 is 1.14 bits per heavy atom. The molecule has 1 nitrogen and oxygen atoms in total. The molecule has 1 aromatic rings. The van der Waals surface area contributed by atoms with Gasteiger partial charge < -0.3 is 4.90 Å². The van der Waals surface area contributed by atoms with Crippen LogP contribution in [0.3, 0.4) is 0 Å². The molecule has 1 saturated heterocycles. The van der Waals surface area contributed by atoms with Gasteiger partial charge in [0.25, 0.3) is 0 Å². The first-order valence-corrected chi connectivity index (χ1v) is 6.47. The van der Waals surface area contributed by atoms with E-state index in [2.05, 4.69) is 4.90 Å². The minimum absolute atomic E-state index is 0.641. The smallest absolute Gasteiger partial charge is 0.0825 e. The second kappa shape index (κ2) is 4.65. The van der Waals surface area contributed by atoms with Crippen LogP contribution >= 0.6 is 35.0 Å². The maximum Gasteiger partial charge on any atom is 0.0825 e. The van der Waals surface area contributed by atoms with Gasteiger partial charge >= 0.3 is 0 Å². The van der Waals surface area contributed by atoms with Crippen LogP contribution in [0.1, 0.15) is 0 Å². The first-order valence-electron chi connectivity index (χ1n) is 4.56. The van der Waals surface area contributed by atoms with Crippen molar-refractivity contribution < 1.29 is 0 Å². The molecule has 1 heterocycles. The highest BCUT2D eigenvalue weighted by molar-refractivity contribution is 7.99. The molecule has 0 N–H and O–H groups in total. The van der Waals surface area contributed by atoms with E-state index < -0.39 is 0 Å². The topological polar surface area (TPSA) is 3.24 Å². The summed E-state index contributed by atoms with van der Waals surface area (Å²) in [6.45, 7) is 2.12. The lowest BCUT2D eigenvalue weighted by Gasteiger charge is -2.29. The second-order valence-corrected chi connectivity index (χ2v) is 5.18. The highest BCUT2D eigenvalue weighted by atomic mass is 35.5. The van der Waals surface area contributed by atoms with E-state index in [9.17, 15) is 0 Å². The van der Waals surface area contributed by atoms with Crippen LogP contribution in [0.25, 0.3) is 0 Å². The predicted molar refractivity (Wildman–Crippen MR) is 66.0 cm³/mol. The average molecular weight is 248 g/mol. The monoisotopic (exact) mass is 247 g/mol. The van der Waals surface area contributed by atoms with Crippen molar-refractivity contribution in [2.24, 2.45) is 0 Å². The Balaban J connectivity index is 2.26. The SMILES string of the molecule is Clc1cccc(N2CCSCC2)c1Cl. The van der Waals surface area contributed by atoms with Crippen LogP contribution in [-0.2, 0) is 0 Å². The third kappa shape index (κ3) is 2.13. The van der Waals surface area contributed by atoms with Crippen molar-refractivity contribution in [3.63, 3.8) is 0 Å². The zero-order valence-electron chi connectivity index (χ0n) is 7.67. The molecule has 0 saturated carbocycles. The van der Waals surface area contributed by atoms with Gasteiger partial charge in [0.1, 0.15) is 0 Å². The van der Waals surface area contributed by atoms with E-state index in [0.717, 1.165) is 18.8 Å². The molecule has 1 aromatic carbocycles. The molecule has 0 atom stereocenters. The summed E-state index contributed by atoms with van der Waals surface area (Å²) in [4.78, 5) is 2.30. The van der Waals surface area contributed by atoms with E-state index in [4.69, 9.17) is 23.2 Å². The molecule has 76 valence electrons. The van der Waals surface area contributed by atoms with Crippen molar-refractivity contribution in [3.05, 3.63) is 28.2 Å². The molecule has 14 heavy (non-hydrogen) atoms. The molecule has 0 aliphatic carbocycles. The molecule has 1 fully saturated rings. The lowest BCUT2D eigenvalue weighted by Crippen LogP contribution is -2.32. The van der Waals surface area contributed by atoms with Crippen molar-refractivity contribution >= 4 is 40.7 Å². The van der Waals surface area contributed by atoms with E-state index in [1.54, 1.807) is 0 Å². The van der Waals surface area contributed by atoms with Crippen molar-refractivity contribution in [1.82, 2.24) is 0 Å². The number of hydrogen-bond acceptors (Lipinski definition) is 2. The zero-order chi connectivity index (χ0) is 9.97. The lowest BCUT2D eigenvalue weighted by atomic mass is 10.3. The van der Waals surface area contributed by atoms with Crippen molar-refractivity contribution in [2.45, 2.75) is 0 Å². The number of anilines is 1. The maximum absolute atomic E-state index is 6.15. The van der Waals surface area contributed by atoms with Gasteiger partial charge in [-0.2, -0.15) is 11.8 Å². The fourth-order valence-corrected chi connectivity index (χ4v) is 2.86. The lowest BCUT2D eigenvalue weighted by molar-refractivity contribution is 0.859. The van der Waals surface area contributed by atoms with Crippen LogP contribution in [0, 0.1) is 0 Å². The number of nitrogens with zero attached hydrogens (tertiary/aromatic N) is 1. The Bertz CT molecular complexity index is 324. The van der Waals surface area contributed by atoms with Crippen LogP contribution in [-0.4, -0.2) is 24.6 Å². The Morgan fingerprint density at radius 3 is 2.57 bits per heavy atom. The third-order valence-corrected chi connectivity index (χ3v) is 4.03. The first kappa shape index (κ1) is 10.5. The van der Waals surface area contributed by atoms with Gasteiger partial charge in [-0.3, -0.25) is 0 Å². The summed E-state index contributed by atoms with van der Waals surface area (Å²) < 4.78 is 0. The molecule has 2 rings (SSSR count). The zero-order valence-corrected chi connectivity index (χ0v) is 10.0. The summed E-state index contributed by atoms with van der Waals surface area (Å²) in [5.74, 6) is 2.34. The van der Waals surface area contributed by atoms with Gasteiger partial charge in [0.2, 0.25) is 0 Å². The first-order chi connectivity index (χ1) is 6.79. The van der Waals surface area contributed by atoms with Gasteiger partial charge in [-0.25, -0.2) is 0 Å². The summed E-state index contributed by atoms with van der Waals surface area (Å²) in [5.41, 5.74) is 1.07. The number of rotatable bonds is 1. The number of thioether (sulfide) groups is 1. The third-order valence-electron chi connectivity index (χ3n) is 2.28. The largest absolute Gasteiger partial charge is 0.369 e. The Hall–Kier alpha value is -0.0500. The summed E-state index contributed by atoms with van der Waals surface area (Å²) >= 11 is 14.1. The van der Waals surface area contributed by atoms with Gasteiger partial charge in [0, 0.05) is 24.6 Å². The summed E-state index contributed by atoms with van der Waals surface area (Å²) in [5, 5.41) is 1.32. The molecule has 1 aliphatic rings. The molecule has 4 heteroatoms. The van der Waals surface area contributed by atoms with E-state index >= 15 is 0 Å². The number of hydrogen-bond donors (Lipinski definition) is 0. The average Bonchev–Trinajstić information content (AvgIpc) is 2.23. The quantitative estimate of drug-likeness (QED) is 0.747. The van der Waals surface area contributed by atoms with Crippen LogP contribution in [0.2, 0.25) is 10.0 Å². The van der Waals surface area contributed by atoms with E-state index in [0.29, 0.717) is 10.0 Å². The number of halogens is 2. The molecule has 0 spiro atoms. The molecule has 0 radical (unpaired) electrons. The summed E-state index contributed by atoms with van der Waals surface area (Å²) in [7, 11) is 0. The molecule has 0 bridgehead atoms. The normalized spacial score (nSPS) is 17.1. The molecular formula is C10H11Cl2NS. The van der Waals surface area contributed by atoms with E-state index in [1.807, 2.05) is 30.0 Å². The Kier molecular flexibility index (Phi) is 3.47. The van der Waals surface area contributed by atoms with E-state index in [-0.39, 0.29) is 0 Å². The van der Waals surface area contributed by atoms with Gasteiger partial charge in [-0.1, -0.05) is 29.3 Å². The minimum atomic E-state index is 0.641. The highest BCUT2D eigenvalue weighted by Crippen LogP contribution is 2.33. The highest BCUT2D eigenvalue weighted by Gasteiger charge is 2.14. The van der Waals surface area contributed by atoms with Gasteiger partial charge in [0.15, 0.2) is 0 Å². The maximum atomic E-state index is 6.15. The molecule has 0 unspecified atom stereocenters. The van der Waals surface area contributed by atoms with E-state index in [1.165, 1.54) is 11.5 Å². The van der Waals surface area contributed by atoms with Gasteiger partial charge in [-0.05, 0) is 12.1 Å². The van der Waals surface area contributed by atoms with Crippen LogP contribution in [0.15, 0.2) is 18.2 Å². The van der Waals surface area contributed by atoms with Crippen LogP contribution in [0.4, 0.5) is 5.69 Å². The predicted octanol–water partition coefficient (Wildman–Crippen LogP) is 3.55.